The molecule has 4 rings (SSSR count). The van der Waals surface area contributed by atoms with Crippen LogP contribution in [0.15, 0.2) is 42.5 Å². The van der Waals surface area contributed by atoms with E-state index in [4.69, 9.17) is 17.3 Å². The SMILES string of the molecule is NCCN1Cc2ccccc2N(C(=O)c2ccc(N3CCCC3)cc2Cl)CC1=O. The number of halogens is 1. The Bertz CT molecular complexity index is 927. The first kappa shape index (κ1) is 19.7. The molecule has 0 atom stereocenters. The summed E-state index contributed by atoms with van der Waals surface area (Å²) in [5.74, 6) is -0.386. The van der Waals surface area contributed by atoms with Crippen molar-refractivity contribution < 1.29 is 9.59 Å². The van der Waals surface area contributed by atoms with Gasteiger partial charge in [-0.3, -0.25) is 14.5 Å². The van der Waals surface area contributed by atoms with Crippen LogP contribution in [0.2, 0.25) is 5.02 Å². The fraction of sp³-hybridized carbons (Fsp3) is 0.364. The van der Waals surface area contributed by atoms with Crippen LogP contribution in [0.4, 0.5) is 11.4 Å². The molecule has 2 aromatic carbocycles. The van der Waals surface area contributed by atoms with Gasteiger partial charge in [-0.1, -0.05) is 29.8 Å². The number of nitrogens with two attached hydrogens (primary N) is 1. The van der Waals surface area contributed by atoms with Gasteiger partial charge in [0.25, 0.3) is 5.91 Å². The number of benzene rings is 2. The van der Waals surface area contributed by atoms with Gasteiger partial charge in [0.1, 0.15) is 6.54 Å². The summed E-state index contributed by atoms with van der Waals surface area (Å²) in [4.78, 5) is 31.7. The molecular formula is C22H25ClN4O2. The number of anilines is 2. The molecule has 0 spiro atoms. The van der Waals surface area contributed by atoms with Gasteiger partial charge in [-0.2, -0.15) is 0 Å². The number of carbonyl (C=O) groups excluding carboxylic acids is 2. The van der Waals surface area contributed by atoms with Crippen molar-refractivity contribution in [2.75, 3.05) is 42.5 Å². The normalized spacial score (nSPS) is 16.8. The monoisotopic (exact) mass is 412 g/mol. The molecule has 2 aliphatic heterocycles. The number of rotatable bonds is 4. The van der Waals surface area contributed by atoms with E-state index in [1.54, 1.807) is 11.0 Å². The molecule has 1 fully saturated rings. The van der Waals surface area contributed by atoms with Crippen LogP contribution >= 0.6 is 11.6 Å². The largest absolute Gasteiger partial charge is 0.371 e. The number of para-hydroxylation sites is 1. The van der Waals surface area contributed by atoms with Crippen molar-refractivity contribution in [2.24, 2.45) is 5.73 Å². The quantitative estimate of drug-likeness (QED) is 0.838. The summed E-state index contributed by atoms with van der Waals surface area (Å²) in [6.07, 6.45) is 2.34. The lowest BCUT2D eigenvalue weighted by molar-refractivity contribution is -0.129. The van der Waals surface area contributed by atoms with Gasteiger partial charge in [-0.25, -0.2) is 0 Å². The summed E-state index contributed by atoms with van der Waals surface area (Å²) in [6, 6.07) is 13.2. The van der Waals surface area contributed by atoms with Crippen LogP contribution < -0.4 is 15.5 Å². The van der Waals surface area contributed by atoms with E-state index in [9.17, 15) is 9.59 Å². The fourth-order valence-electron chi connectivity index (χ4n) is 4.06. The molecule has 6 nitrogen and oxygen atoms in total. The van der Waals surface area contributed by atoms with Gasteiger partial charge >= 0.3 is 0 Å². The van der Waals surface area contributed by atoms with E-state index in [-0.39, 0.29) is 18.4 Å². The molecule has 0 aromatic heterocycles. The fourth-order valence-corrected chi connectivity index (χ4v) is 4.31. The van der Waals surface area contributed by atoms with E-state index in [0.717, 1.165) is 30.0 Å². The van der Waals surface area contributed by atoms with Gasteiger partial charge in [-0.05, 0) is 42.7 Å². The Morgan fingerprint density at radius 3 is 2.55 bits per heavy atom. The number of amides is 2. The summed E-state index contributed by atoms with van der Waals surface area (Å²) in [6.45, 7) is 3.27. The zero-order valence-electron chi connectivity index (χ0n) is 16.3. The number of nitrogens with zero attached hydrogens (tertiary/aromatic N) is 3. The summed E-state index contributed by atoms with van der Waals surface area (Å²) in [5, 5.41) is 0.410. The first-order valence-corrected chi connectivity index (χ1v) is 10.4. The number of carbonyl (C=O) groups is 2. The third kappa shape index (κ3) is 3.95. The average Bonchev–Trinajstić information content (AvgIpc) is 3.22. The van der Waals surface area contributed by atoms with Gasteiger partial charge < -0.3 is 15.5 Å². The van der Waals surface area contributed by atoms with Crippen LogP contribution in [0.25, 0.3) is 0 Å². The Balaban J connectivity index is 1.66. The maximum absolute atomic E-state index is 13.4. The predicted octanol–water partition coefficient (Wildman–Crippen LogP) is 2.89. The second kappa shape index (κ2) is 8.43. The maximum atomic E-state index is 13.4. The third-order valence-electron chi connectivity index (χ3n) is 5.59. The van der Waals surface area contributed by atoms with E-state index < -0.39 is 0 Å². The molecular weight excluding hydrogens is 388 g/mol. The Morgan fingerprint density at radius 1 is 1.07 bits per heavy atom. The molecule has 0 aliphatic carbocycles. The lowest BCUT2D eigenvalue weighted by Gasteiger charge is -2.24. The first-order chi connectivity index (χ1) is 14.1. The van der Waals surface area contributed by atoms with Crippen LogP contribution in [0, 0.1) is 0 Å². The molecule has 2 amide bonds. The molecule has 2 heterocycles. The van der Waals surface area contributed by atoms with Crippen LogP contribution in [0.5, 0.6) is 0 Å². The topological polar surface area (TPSA) is 69.9 Å². The molecule has 152 valence electrons. The van der Waals surface area contributed by atoms with E-state index in [1.807, 2.05) is 36.4 Å². The smallest absolute Gasteiger partial charge is 0.260 e. The molecule has 2 N–H and O–H groups in total. The molecule has 0 saturated carbocycles. The highest BCUT2D eigenvalue weighted by atomic mass is 35.5. The van der Waals surface area contributed by atoms with Crippen molar-refractivity contribution in [3.05, 3.63) is 58.6 Å². The summed E-state index contributed by atoms with van der Waals surface area (Å²) in [7, 11) is 0. The molecule has 0 radical (unpaired) electrons. The van der Waals surface area contributed by atoms with Crippen LogP contribution in [-0.2, 0) is 11.3 Å². The lowest BCUT2D eigenvalue weighted by atomic mass is 10.1. The van der Waals surface area contributed by atoms with Gasteiger partial charge in [0.2, 0.25) is 5.91 Å². The zero-order valence-corrected chi connectivity index (χ0v) is 17.1. The third-order valence-corrected chi connectivity index (χ3v) is 5.90. The lowest BCUT2D eigenvalue weighted by Crippen LogP contribution is -2.41. The van der Waals surface area contributed by atoms with Crippen molar-refractivity contribution in [3.8, 4) is 0 Å². The van der Waals surface area contributed by atoms with Gasteiger partial charge in [0.05, 0.1) is 10.6 Å². The predicted molar refractivity (Wildman–Crippen MR) is 115 cm³/mol. The van der Waals surface area contributed by atoms with E-state index in [0.29, 0.717) is 30.2 Å². The van der Waals surface area contributed by atoms with Gasteiger partial charge in [0, 0.05) is 44.1 Å². The van der Waals surface area contributed by atoms with E-state index in [2.05, 4.69) is 4.90 Å². The number of hydrogen-bond acceptors (Lipinski definition) is 4. The van der Waals surface area contributed by atoms with Gasteiger partial charge in [-0.15, -0.1) is 0 Å². The van der Waals surface area contributed by atoms with Crippen LogP contribution in [-0.4, -0.2) is 49.4 Å². The summed E-state index contributed by atoms with van der Waals surface area (Å²) >= 11 is 6.52. The molecule has 1 saturated heterocycles. The number of fused-ring (bicyclic) bond motifs is 1. The minimum absolute atomic E-state index is 0.0277. The van der Waals surface area contributed by atoms with Crippen molar-refractivity contribution >= 4 is 34.8 Å². The molecule has 7 heteroatoms. The summed E-state index contributed by atoms with van der Waals surface area (Å²) < 4.78 is 0. The standard InChI is InChI=1S/C22H25ClN4O2/c23-19-13-17(25-10-3-4-11-25)7-8-18(19)22(29)27-15-21(28)26(12-9-24)14-16-5-1-2-6-20(16)27/h1-2,5-8,13H,3-4,9-12,14-15,24H2. The number of hydrogen-bond donors (Lipinski definition) is 1. The van der Waals surface area contributed by atoms with Crippen molar-refractivity contribution in [1.82, 2.24) is 4.90 Å². The van der Waals surface area contributed by atoms with E-state index in [1.165, 1.54) is 17.7 Å². The highest BCUT2D eigenvalue weighted by Gasteiger charge is 2.30. The molecule has 0 unspecified atom stereocenters. The van der Waals surface area contributed by atoms with E-state index >= 15 is 0 Å². The zero-order chi connectivity index (χ0) is 20.4. The van der Waals surface area contributed by atoms with Crippen LogP contribution in [0.3, 0.4) is 0 Å². The highest BCUT2D eigenvalue weighted by molar-refractivity contribution is 6.35. The molecule has 2 aliphatic rings. The van der Waals surface area contributed by atoms with Gasteiger partial charge in [0.15, 0.2) is 0 Å². The first-order valence-electron chi connectivity index (χ1n) is 10.0. The minimum atomic E-state index is -0.265. The molecule has 0 bridgehead atoms. The Hall–Kier alpha value is -2.57. The van der Waals surface area contributed by atoms with Crippen molar-refractivity contribution in [2.45, 2.75) is 19.4 Å². The summed E-state index contributed by atoms with van der Waals surface area (Å²) in [5.41, 5.74) is 8.77. The Kier molecular flexibility index (Phi) is 5.74. The van der Waals surface area contributed by atoms with Crippen LogP contribution in [0.1, 0.15) is 28.8 Å². The molecule has 2 aromatic rings. The second-order valence-corrected chi connectivity index (χ2v) is 7.89. The Morgan fingerprint density at radius 2 is 1.83 bits per heavy atom. The average molecular weight is 413 g/mol. The Labute approximate surface area is 175 Å². The van der Waals surface area contributed by atoms with Crippen molar-refractivity contribution in [3.63, 3.8) is 0 Å². The maximum Gasteiger partial charge on any atom is 0.260 e. The van der Waals surface area contributed by atoms with Crippen molar-refractivity contribution in [1.29, 1.82) is 0 Å². The molecule has 29 heavy (non-hydrogen) atoms. The highest BCUT2D eigenvalue weighted by Crippen LogP contribution is 2.31. The second-order valence-electron chi connectivity index (χ2n) is 7.48. The minimum Gasteiger partial charge on any atom is -0.371 e.